The van der Waals surface area contributed by atoms with Gasteiger partial charge >= 0.3 is 0 Å². The number of carbonyl (C=O) groups excluding carboxylic acids is 1. The molecule has 0 fully saturated rings. The van der Waals surface area contributed by atoms with E-state index >= 15 is 0 Å². The summed E-state index contributed by atoms with van der Waals surface area (Å²) in [5.74, 6) is 0. The second kappa shape index (κ2) is 6.89. The van der Waals surface area contributed by atoms with E-state index < -0.39 is 0 Å². The van der Waals surface area contributed by atoms with E-state index in [9.17, 15) is 10.1 Å². The van der Waals surface area contributed by atoms with E-state index in [0.29, 0.717) is 11.1 Å². The van der Waals surface area contributed by atoms with Crippen LogP contribution in [0.4, 0.5) is 11.4 Å². The third-order valence-corrected chi connectivity index (χ3v) is 5.94. The standard InChI is InChI=1S/C23H14N4OS/c24-11-16-12-26-23-18(10-21(29-23)15-4-1-3-14(9-15)13-28)22(16)27-20-6-2-5-19-17(20)7-8-25-19/h1-10,12-13,25H,(H,26,27). The number of hydrogen-bond acceptors (Lipinski definition) is 5. The van der Waals surface area contributed by atoms with Crippen LogP contribution >= 0.6 is 11.3 Å². The molecule has 0 amide bonds. The van der Waals surface area contributed by atoms with Crippen LogP contribution < -0.4 is 5.32 Å². The van der Waals surface area contributed by atoms with Gasteiger partial charge < -0.3 is 10.3 Å². The summed E-state index contributed by atoms with van der Waals surface area (Å²) >= 11 is 1.54. The number of thiophene rings is 1. The number of aldehydes is 1. The quantitative estimate of drug-likeness (QED) is 0.373. The lowest BCUT2D eigenvalue weighted by Gasteiger charge is -2.10. The van der Waals surface area contributed by atoms with Crippen molar-refractivity contribution in [2.75, 3.05) is 5.32 Å². The zero-order valence-corrected chi connectivity index (χ0v) is 16.0. The largest absolute Gasteiger partial charge is 0.361 e. The van der Waals surface area contributed by atoms with Crippen LogP contribution in [0.2, 0.25) is 0 Å². The lowest BCUT2D eigenvalue weighted by Crippen LogP contribution is -1.95. The number of rotatable bonds is 4. The zero-order chi connectivity index (χ0) is 19.8. The van der Waals surface area contributed by atoms with Gasteiger partial charge in [-0.05, 0) is 35.9 Å². The maximum atomic E-state index is 11.1. The molecule has 0 aliphatic rings. The molecule has 0 radical (unpaired) electrons. The van der Waals surface area contributed by atoms with Crippen molar-refractivity contribution in [1.82, 2.24) is 9.97 Å². The molecule has 0 unspecified atom stereocenters. The highest BCUT2D eigenvalue weighted by Crippen LogP contribution is 2.39. The predicted molar refractivity (Wildman–Crippen MR) is 117 cm³/mol. The van der Waals surface area contributed by atoms with Crippen molar-refractivity contribution in [2.24, 2.45) is 0 Å². The summed E-state index contributed by atoms with van der Waals surface area (Å²) in [7, 11) is 0. The first-order chi connectivity index (χ1) is 14.3. The molecule has 5 nitrogen and oxygen atoms in total. The number of carbonyl (C=O) groups is 1. The van der Waals surface area contributed by atoms with Gasteiger partial charge in [0.15, 0.2) is 0 Å². The second-order valence-electron chi connectivity index (χ2n) is 6.60. The Morgan fingerprint density at radius 1 is 1.10 bits per heavy atom. The minimum Gasteiger partial charge on any atom is -0.361 e. The second-order valence-corrected chi connectivity index (χ2v) is 7.63. The summed E-state index contributed by atoms with van der Waals surface area (Å²) in [4.78, 5) is 20.6. The number of fused-ring (bicyclic) bond motifs is 2. The molecule has 2 N–H and O–H groups in total. The summed E-state index contributed by atoms with van der Waals surface area (Å²) in [5, 5.41) is 15.0. The molecule has 0 aliphatic carbocycles. The normalized spacial score (nSPS) is 10.9. The van der Waals surface area contributed by atoms with Crippen molar-refractivity contribution in [3.63, 3.8) is 0 Å². The molecule has 0 saturated carbocycles. The Labute approximate surface area is 170 Å². The van der Waals surface area contributed by atoms with E-state index in [-0.39, 0.29) is 0 Å². The number of H-pyrrole nitrogens is 1. The van der Waals surface area contributed by atoms with Gasteiger partial charge in [0.1, 0.15) is 17.2 Å². The number of aromatic amines is 1. The number of aromatic nitrogens is 2. The highest BCUT2D eigenvalue weighted by atomic mass is 32.1. The molecule has 5 rings (SSSR count). The first kappa shape index (κ1) is 17.2. The van der Waals surface area contributed by atoms with Crippen molar-refractivity contribution in [1.29, 1.82) is 5.26 Å². The van der Waals surface area contributed by atoms with E-state index in [1.807, 2.05) is 54.7 Å². The number of anilines is 2. The van der Waals surface area contributed by atoms with Crippen molar-refractivity contribution in [3.8, 4) is 16.5 Å². The monoisotopic (exact) mass is 394 g/mol. The first-order valence-electron chi connectivity index (χ1n) is 8.98. The fourth-order valence-electron chi connectivity index (χ4n) is 3.45. The van der Waals surface area contributed by atoms with Gasteiger partial charge in [0, 0.05) is 44.8 Å². The Bertz CT molecular complexity index is 1420. The molecular formula is C23H14N4OS. The zero-order valence-electron chi connectivity index (χ0n) is 15.1. The highest BCUT2D eigenvalue weighted by molar-refractivity contribution is 7.22. The Balaban J connectivity index is 1.67. The molecule has 3 aromatic heterocycles. The summed E-state index contributed by atoms with van der Waals surface area (Å²) in [6.07, 6.45) is 4.34. The van der Waals surface area contributed by atoms with Crippen molar-refractivity contribution < 1.29 is 4.79 Å². The molecule has 2 aromatic carbocycles. The van der Waals surface area contributed by atoms with Crippen LogP contribution in [0.1, 0.15) is 15.9 Å². The number of pyridine rings is 1. The summed E-state index contributed by atoms with van der Waals surface area (Å²) in [5.41, 5.74) is 4.74. The molecule has 0 bridgehead atoms. The summed E-state index contributed by atoms with van der Waals surface area (Å²) in [6, 6.07) is 19.7. The molecule has 0 spiro atoms. The molecule has 5 aromatic rings. The molecule has 0 aliphatic heterocycles. The maximum absolute atomic E-state index is 11.1. The van der Waals surface area contributed by atoms with Crippen LogP contribution in [0.25, 0.3) is 31.6 Å². The SMILES string of the molecule is N#Cc1cnc2sc(-c3cccc(C=O)c3)cc2c1Nc1cccc2[nH]ccc12. The predicted octanol–water partition coefficient (Wildman–Crippen LogP) is 5.87. The Morgan fingerprint density at radius 3 is 2.86 bits per heavy atom. The van der Waals surface area contributed by atoms with E-state index in [4.69, 9.17) is 0 Å². The average Bonchev–Trinajstić information content (AvgIpc) is 3.41. The van der Waals surface area contributed by atoms with Crippen molar-refractivity contribution >= 4 is 50.1 Å². The molecule has 29 heavy (non-hydrogen) atoms. The average molecular weight is 394 g/mol. The Hall–Kier alpha value is -3.95. The molecule has 3 heterocycles. The topological polar surface area (TPSA) is 81.6 Å². The van der Waals surface area contributed by atoms with Crippen LogP contribution in [-0.4, -0.2) is 16.3 Å². The number of nitriles is 1. The van der Waals surface area contributed by atoms with Crippen molar-refractivity contribution in [3.05, 3.63) is 78.1 Å². The highest BCUT2D eigenvalue weighted by Gasteiger charge is 2.15. The van der Waals surface area contributed by atoms with E-state index in [1.165, 1.54) is 11.3 Å². The fraction of sp³-hybridized carbons (Fsp3) is 0. The lowest BCUT2D eigenvalue weighted by atomic mass is 10.1. The van der Waals surface area contributed by atoms with Crippen molar-refractivity contribution in [2.45, 2.75) is 0 Å². The van der Waals surface area contributed by atoms with Gasteiger partial charge in [-0.15, -0.1) is 11.3 Å². The number of hydrogen-bond donors (Lipinski definition) is 2. The number of nitrogens with zero attached hydrogens (tertiary/aromatic N) is 2. The van der Waals surface area contributed by atoms with E-state index in [1.54, 1.807) is 12.3 Å². The summed E-state index contributed by atoms with van der Waals surface area (Å²) < 4.78 is 0. The number of benzene rings is 2. The molecule has 0 atom stereocenters. The van der Waals surface area contributed by atoms with E-state index in [2.05, 4.69) is 21.4 Å². The van der Waals surface area contributed by atoms with Gasteiger partial charge in [-0.25, -0.2) is 4.98 Å². The van der Waals surface area contributed by atoms with Gasteiger partial charge in [0.2, 0.25) is 0 Å². The van der Waals surface area contributed by atoms with Gasteiger partial charge in [0.25, 0.3) is 0 Å². The van der Waals surface area contributed by atoms with Crippen LogP contribution in [0.15, 0.2) is 67.0 Å². The Kier molecular flexibility index (Phi) is 4.08. The molecule has 138 valence electrons. The molecular weight excluding hydrogens is 380 g/mol. The third kappa shape index (κ3) is 2.94. The number of nitrogens with one attached hydrogen (secondary N) is 2. The van der Waals surface area contributed by atoms with Crippen LogP contribution in [0.5, 0.6) is 0 Å². The minimum absolute atomic E-state index is 0.482. The first-order valence-corrected chi connectivity index (χ1v) is 9.80. The fourth-order valence-corrected chi connectivity index (χ4v) is 4.45. The van der Waals surface area contributed by atoms with Crippen LogP contribution in [0.3, 0.4) is 0 Å². The molecule has 6 heteroatoms. The molecule has 0 saturated heterocycles. The smallest absolute Gasteiger partial charge is 0.150 e. The Morgan fingerprint density at radius 2 is 2.00 bits per heavy atom. The van der Waals surface area contributed by atoms with Gasteiger partial charge in [-0.3, -0.25) is 4.79 Å². The van der Waals surface area contributed by atoms with Crippen LogP contribution in [-0.2, 0) is 0 Å². The van der Waals surface area contributed by atoms with Gasteiger partial charge in [-0.2, -0.15) is 5.26 Å². The third-order valence-electron chi connectivity index (χ3n) is 4.84. The maximum Gasteiger partial charge on any atom is 0.150 e. The van der Waals surface area contributed by atoms with E-state index in [0.717, 1.165) is 49.2 Å². The summed E-state index contributed by atoms with van der Waals surface area (Å²) in [6.45, 7) is 0. The van der Waals surface area contributed by atoms with Gasteiger partial charge in [0.05, 0.1) is 11.3 Å². The lowest BCUT2D eigenvalue weighted by molar-refractivity contribution is 0.112. The van der Waals surface area contributed by atoms with Crippen LogP contribution in [0, 0.1) is 11.3 Å². The minimum atomic E-state index is 0.482. The van der Waals surface area contributed by atoms with Gasteiger partial charge in [-0.1, -0.05) is 24.3 Å².